The summed E-state index contributed by atoms with van der Waals surface area (Å²) in [6, 6.07) is 0. The van der Waals surface area contributed by atoms with E-state index in [0.29, 0.717) is 17.4 Å². The molecule has 0 aromatic carbocycles. The number of carbonyl (C=O) groups excluding carboxylic acids is 2. The van der Waals surface area contributed by atoms with Gasteiger partial charge in [0.25, 0.3) is 6.29 Å². The predicted octanol–water partition coefficient (Wildman–Crippen LogP) is 20.9. The molecule has 0 heterocycles. The van der Waals surface area contributed by atoms with Gasteiger partial charge in [0, 0.05) is 12.8 Å². The second kappa shape index (κ2) is 64.9. The molecule has 2 atom stereocenters. The van der Waals surface area contributed by atoms with Crippen LogP contribution in [0.1, 0.15) is 245 Å². The Bertz CT molecular complexity index is 1950. The number of rotatable bonds is 60. The van der Waals surface area contributed by atoms with E-state index in [1.807, 2.05) is 21.1 Å². The maximum atomic E-state index is 12.9. The molecule has 0 spiro atoms. The molecule has 0 rings (SSSR count). The van der Waals surface area contributed by atoms with E-state index in [2.05, 4.69) is 172 Å². The van der Waals surface area contributed by atoms with Gasteiger partial charge in [0.15, 0.2) is 6.10 Å². The maximum absolute atomic E-state index is 12.9. The highest BCUT2D eigenvalue weighted by atomic mass is 16.7. The number of aliphatic carboxylic acids is 1. The number of likely N-dealkylation sites (N-methyl/N-ethyl adjacent to an activating group) is 1. The summed E-state index contributed by atoms with van der Waals surface area (Å²) in [5.74, 6) is -2.04. The van der Waals surface area contributed by atoms with Crippen LogP contribution in [-0.4, -0.2) is 87.4 Å². The molecule has 0 saturated heterocycles. The number of hydrogen-bond donors (Lipinski definition) is 1. The van der Waals surface area contributed by atoms with Gasteiger partial charge in [-0.3, -0.25) is 9.59 Å². The summed E-state index contributed by atoms with van der Waals surface area (Å²) in [4.78, 5) is 37.6. The van der Waals surface area contributed by atoms with E-state index in [4.69, 9.17) is 18.9 Å². The van der Waals surface area contributed by atoms with E-state index >= 15 is 0 Å². The van der Waals surface area contributed by atoms with Crippen LogP contribution in [-0.2, 0) is 33.3 Å². The SMILES string of the molecule is CC/C=C\C/C=C\C/C=C\C/C=C\C/C=C\C/C=C\C/C=C\C/C=C\C/C=C\CCCCCCCCCC(=O)OC(COC(=O)CCCCCCCCCCCCCC/C=C\C/C=C\C/C=C\C/C=C\CC)COC(OCC[N+](C)(C)C)C(=O)O. The van der Waals surface area contributed by atoms with Crippen LogP contribution in [0.3, 0.4) is 0 Å². The second-order valence-electron chi connectivity index (χ2n) is 23.0. The first-order valence-electron chi connectivity index (χ1n) is 33.6. The third-order valence-electron chi connectivity index (χ3n) is 13.8. The molecule has 0 radical (unpaired) electrons. The van der Waals surface area contributed by atoms with Crippen LogP contribution in [0, 0.1) is 0 Å². The van der Waals surface area contributed by atoms with Crippen molar-refractivity contribution in [3.63, 3.8) is 0 Å². The maximum Gasteiger partial charge on any atom is 0.361 e. The Kier molecular flexibility index (Phi) is 61.0. The lowest BCUT2D eigenvalue weighted by Gasteiger charge is -2.25. The molecule has 2 unspecified atom stereocenters. The number of carbonyl (C=O) groups is 3. The van der Waals surface area contributed by atoms with Crippen molar-refractivity contribution in [3.05, 3.63) is 158 Å². The minimum atomic E-state index is -1.52. The van der Waals surface area contributed by atoms with Gasteiger partial charge in [-0.05, 0) is 122 Å². The van der Waals surface area contributed by atoms with E-state index in [-0.39, 0.29) is 38.6 Å². The van der Waals surface area contributed by atoms with E-state index in [9.17, 15) is 19.5 Å². The summed E-state index contributed by atoms with van der Waals surface area (Å²) >= 11 is 0. The van der Waals surface area contributed by atoms with Crippen molar-refractivity contribution in [1.29, 1.82) is 0 Å². The average Bonchev–Trinajstić information content (AvgIpc) is 3.48. The Morgan fingerprint density at radius 1 is 0.353 bits per heavy atom. The van der Waals surface area contributed by atoms with E-state index in [1.54, 1.807) is 0 Å². The van der Waals surface area contributed by atoms with Gasteiger partial charge >= 0.3 is 17.9 Å². The monoisotopic (exact) mass is 1180 g/mol. The summed E-state index contributed by atoms with van der Waals surface area (Å²) in [7, 11) is 5.96. The predicted molar refractivity (Wildman–Crippen MR) is 363 cm³/mol. The lowest BCUT2D eigenvalue weighted by Crippen LogP contribution is -2.40. The van der Waals surface area contributed by atoms with Crippen LogP contribution in [0.4, 0.5) is 0 Å². The third-order valence-corrected chi connectivity index (χ3v) is 13.8. The molecule has 0 aromatic heterocycles. The smallest absolute Gasteiger partial charge is 0.361 e. The molecule has 0 fully saturated rings. The normalized spacial score (nSPS) is 13.8. The lowest BCUT2D eigenvalue weighted by molar-refractivity contribution is -0.870. The van der Waals surface area contributed by atoms with Crippen molar-refractivity contribution in [1.82, 2.24) is 0 Å². The fourth-order valence-corrected chi connectivity index (χ4v) is 8.70. The summed E-state index contributed by atoms with van der Waals surface area (Å²) in [6.07, 6.45) is 93.3. The Morgan fingerprint density at radius 2 is 0.635 bits per heavy atom. The Balaban J connectivity index is 4.23. The number of quaternary nitrogens is 1. The zero-order chi connectivity index (χ0) is 61.9. The molecule has 0 aliphatic heterocycles. The molecule has 0 aliphatic rings. The first-order chi connectivity index (χ1) is 41.6. The van der Waals surface area contributed by atoms with Gasteiger partial charge in [-0.1, -0.05) is 268 Å². The third kappa shape index (κ3) is 66.3. The topological polar surface area (TPSA) is 108 Å². The van der Waals surface area contributed by atoms with Gasteiger partial charge in [-0.2, -0.15) is 0 Å². The standard InChI is InChI=1S/C76H123NO8/c1-6-8-10-12-14-16-18-20-22-24-26-28-30-32-33-34-35-36-37-38-39-40-41-43-45-47-49-51-53-55-57-59-61-63-65-67-74(79)85-72(71-84-76(75(80)81)82-69-68-77(3,4)5)70-83-73(78)66-64-62-60-58-56-54-52-50-48-46-44-42-31-29-27-25-23-21-19-17-15-13-11-9-7-2/h8-11,14-17,20-23,26-29,32-33,35-36,38-39,41,43,47,49,72,76H,6-7,12-13,18-19,24-25,30-31,34,37,40,42,44-46,48,50-71H2,1-5H3/p+1/b10-8-,11-9-,16-14-,17-15-,22-20-,23-21-,28-26-,29-27-,33-32-,36-35-,39-38-,43-41-,49-47-. The van der Waals surface area contributed by atoms with Gasteiger partial charge in [-0.15, -0.1) is 0 Å². The molecule has 0 aliphatic carbocycles. The molecule has 1 N–H and O–H groups in total. The van der Waals surface area contributed by atoms with Crippen LogP contribution < -0.4 is 0 Å². The van der Waals surface area contributed by atoms with Gasteiger partial charge in [0.1, 0.15) is 13.2 Å². The summed E-state index contributed by atoms with van der Waals surface area (Å²) in [5.41, 5.74) is 0. The molecular formula is C76H124NO8+. The fraction of sp³-hybridized carbons (Fsp3) is 0.618. The molecule has 0 aromatic rings. The number of carboxylic acids is 1. The van der Waals surface area contributed by atoms with Crippen molar-refractivity contribution in [2.75, 3.05) is 47.5 Å². The molecule has 480 valence electrons. The van der Waals surface area contributed by atoms with Crippen LogP contribution in [0.5, 0.6) is 0 Å². The number of esters is 2. The Labute approximate surface area is 521 Å². The van der Waals surface area contributed by atoms with Crippen molar-refractivity contribution in [3.8, 4) is 0 Å². The number of unbranched alkanes of at least 4 members (excludes halogenated alkanes) is 19. The highest BCUT2D eigenvalue weighted by Crippen LogP contribution is 2.15. The minimum absolute atomic E-state index is 0.177. The van der Waals surface area contributed by atoms with E-state index in [0.717, 1.165) is 128 Å². The number of nitrogens with zero attached hydrogens (tertiary/aromatic N) is 1. The van der Waals surface area contributed by atoms with Crippen molar-refractivity contribution in [2.45, 2.75) is 257 Å². The van der Waals surface area contributed by atoms with Crippen LogP contribution in [0.15, 0.2) is 158 Å². The highest BCUT2D eigenvalue weighted by Gasteiger charge is 2.25. The van der Waals surface area contributed by atoms with Gasteiger partial charge in [-0.25, -0.2) is 4.79 Å². The number of hydrogen-bond acceptors (Lipinski definition) is 7. The first-order valence-corrected chi connectivity index (χ1v) is 33.6. The molecular weight excluding hydrogens is 1050 g/mol. The summed E-state index contributed by atoms with van der Waals surface area (Å²) in [6.45, 7) is 4.63. The van der Waals surface area contributed by atoms with E-state index in [1.165, 1.54) is 83.5 Å². The molecule has 0 amide bonds. The van der Waals surface area contributed by atoms with Crippen molar-refractivity contribution < 1.29 is 42.9 Å². The summed E-state index contributed by atoms with van der Waals surface area (Å²) in [5, 5.41) is 9.74. The second-order valence-corrected chi connectivity index (χ2v) is 23.0. The molecule has 85 heavy (non-hydrogen) atoms. The van der Waals surface area contributed by atoms with E-state index < -0.39 is 24.3 Å². The zero-order valence-electron chi connectivity index (χ0n) is 54.7. The Morgan fingerprint density at radius 3 is 0.941 bits per heavy atom. The first kappa shape index (κ1) is 79.9. The van der Waals surface area contributed by atoms with Crippen molar-refractivity contribution >= 4 is 17.9 Å². The largest absolute Gasteiger partial charge is 0.477 e. The number of carboxylic acid groups (broad SMARTS) is 1. The molecule has 0 bridgehead atoms. The summed E-state index contributed by atoms with van der Waals surface area (Å²) < 4.78 is 22.9. The quantitative estimate of drug-likeness (QED) is 0.0211. The fourth-order valence-electron chi connectivity index (χ4n) is 8.70. The van der Waals surface area contributed by atoms with Gasteiger partial charge < -0.3 is 28.5 Å². The van der Waals surface area contributed by atoms with Gasteiger partial charge in [0.2, 0.25) is 0 Å². The molecule has 9 heteroatoms. The van der Waals surface area contributed by atoms with Crippen LogP contribution in [0.25, 0.3) is 0 Å². The van der Waals surface area contributed by atoms with Crippen LogP contribution in [0.2, 0.25) is 0 Å². The zero-order valence-corrected chi connectivity index (χ0v) is 54.7. The highest BCUT2D eigenvalue weighted by molar-refractivity contribution is 5.71. The average molecular weight is 1180 g/mol. The number of allylic oxidation sites excluding steroid dienone is 26. The minimum Gasteiger partial charge on any atom is -0.477 e. The molecule has 9 nitrogen and oxygen atoms in total. The van der Waals surface area contributed by atoms with Crippen molar-refractivity contribution in [2.24, 2.45) is 0 Å². The number of ether oxygens (including phenoxy) is 4. The molecule has 0 saturated carbocycles. The Hall–Kier alpha value is -5.09. The van der Waals surface area contributed by atoms with Gasteiger partial charge in [0.05, 0.1) is 34.4 Å². The van der Waals surface area contributed by atoms with Crippen LogP contribution >= 0.6 is 0 Å². The lowest BCUT2D eigenvalue weighted by atomic mass is 10.0.